The fraction of sp³-hybridized carbons (Fsp3) is 0.727. The van der Waals surface area contributed by atoms with Crippen LogP contribution in [0.2, 0.25) is 0 Å². The molecule has 19 heavy (non-hydrogen) atoms. The van der Waals surface area contributed by atoms with Gasteiger partial charge in [0.25, 0.3) is 0 Å². The molecule has 8 heteroatoms. The van der Waals surface area contributed by atoms with Crippen LogP contribution in [0.1, 0.15) is 12.8 Å². The Labute approximate surface area is 110 Å². The number of piperidine rings is 1. The second-order valence-corrected chi connectivity index (χ2v) is 4.37. The number of nitrogens with two attached hydrogens (primary N) is 1. The number of nitrogens with zero attached hydrogens (tertiary/aromatic N) is 1. The Hall–Kier alpha value is -1.83. The predicted octanol–water partition coefficient (Wildman–Crippen LogP) is -1.01. The van der Waals surface area contributed by atoms with E-state index in [-0.39, 0.29) is 37.6 Å². The molecule has 1 atom stereocenters. The van der Waals surface area contributed by atoms with E-state index in [1.54, 1.807) is 0 Å². The Bertz CT molecular complexity index is 347. The van der Waals surface area contributed by atoms with Crippen LogP contribution < -0.4 is 11.1 Å². The molecule has 1 rings (SSSR count). The van der Waals surface area contributed by atoms with Gasteiger partial charge >= 0.3 is 12.0 Å². The number of carbonyl (C=O) groups is 3. The first-order chi connectivity index (χ1) is 9.00. The highest BCUT2D eigenvalue weighted by atomic mass is 16.5. The number of primary amides is 1. The lowest BCUT2D eigenvalue weighted by molar-refractivity contribution is -0.142. The van der Waals surface area contributed by atoms with E-state index in [1.165, 1.54) is 4.90 Å². The lowest BCUT2D eigenvalue weighted by Crippen LogP contribution is -2.48. The Kier molecular flexibility index (Phi) is 6.07. The van der Waals surface area contributed by atoms with Crippen LogP contribution in [-0.4, -0.2) is 60.8 Å². The molecule has 0 aromatic rings. The third kappa shape index (κ3) is 5.56. The molecule has 0 bridgehead atoms. The molecule has 4 N–H and O–H groups in total. The molecule has 0 saturated carbocycles. The highest BCUT2D eigenvalue weighted by Crippen LogP contribution is 2.15. The van der Waals surface area contributed by atoms with E-state index >= 15 is 0 Å². The summed E-state index contributed by atoms with van der Waals surface area (Å²) >= 11 is 0. The van der Waals surface area contributed by atoms with Crippen molar-refractivity contribution in [2.24, 2.45) is 11.7 Å². The zero-order valence-corrected chi connectivity index (χ0v) is 10.6. The van der Waals surface area contributed by atoms with Gasteiger partial charge in [0.05, 0.1) is 12.5 Å². The molecule has 1 heterocycles. The van der Waals surface area contributed by atoms with Gasteiger partial charge in [0.2, 0.25) is 5.91 Å². The van der Waals surface area contributed by atoms with Gasteiger partial charge in [-0.3, -0.25) is 4.79 Å². The molecule has 1 aliphatic rings. The Morgan fingerprint density at radius 3 is 2.79 bits per heavy atom. The number of urea groups is 1. The number of nitrogens with one attached hydrogen (secondary N) is 1. The SMILES string of the molecule is NC(=O)C1CCCN(C(=O)NCCOCC(=O)O)C1. The first kappa shape index (κ1) is 15.2. The number of aliphatic carboxylic acids is 1. The lowest BCUT2D eigenvalue weighted by atomic mass is 9.98. The van der Waals surface area contributed by atoms with Crippen LogP contribution in [0.5, 0.6) is 0 Å². The molecule has 0 aromatic carbocycles. The second kappa shape index (κ2) is 7.57. The molecule has 0 spiro atoms. The van der Waals surface area contributed by atoms with E-state index < -0.39 is 5.97 Å². The summed E-state index contributed by atoms with van der Waals surface area (Å²) in [5, 5.41) is 10.9. The monoisotopic (exact) mass is 273 g/mol. The minimum Gasteiger partial charge on any atom is -0.480 e. The minimum absolute atomic E-state index is 0.130. The molecule has 1 fully saturated rings. The number of hydrogen-bond acceptors (Lipinski definition) is 4. The molecule has 1 aliphatic heterocycles. The second-order valence-electron chi connectivity index (χ2n) is 4.37. The third-order valence-corrected chi connectivity index (χ3v) is 2.86. The topological polar surface area (TPSA) is 122 Å². The molecular weight excluding hydrogens is 254 g/mol. The standard InChI is InChI=1S/C11H19N3O5/c12-10(17)8-2-1-4-14(6-8)11(18)13-3-5-19-7-9(15)16/h8H,1-7H2,(H2,12,17)(H,13,18)(H,15,16). The van der Waals surface area contributed by atoms with Crippen molar-refractivity contribution >= 4 is 17.9 Å². The van der Waals surface area contributed by atoms with Crippen LogP contribution in [0.4, 0.5) is 4.79 Å². The van der Waals surface area contributed by atoms with Gasteiger partial charge in [-0.05, 0) is 12.8 Å². The summed E-state index contributed by atoms with van der Waals surface area (Å²) in [6, 6.07) is -0.287. The summed E-state index contributed by atoms with van der Waals surface area (Å²) in [5.74, 6) is -1.73. The average Bonchev–Trinajstić information content (AvgIpc) is 2.37. The molecular formula is C11H19N3O5. The smallest absolute Gasteiger partial charge is 0.329 e. The Balaban J connectivity index is 2.21. The molecule has 108 valence electrons. The first-order valence-electron chi connectivity index (χ1n) is 6.12. The van der Waals surface area contributed by atoms with Crippen LogP contribution >= 0.6 is 0 Å². The van der Waals surface area contributed by atoms with Crippen molar-refractivity contribution in [3.05, 3.63) is 0 Å². The van der Waals surface area contributed by atoms with Crippen molar-refractivity contribution in [2.45, 2.75) is 12.8 Å². The fourth-order valence-corrected chi connectivity index (χ4v) is 1.90. The summed E-state index contributed by atoms with van der Waals surface area (Å²) in [6.07, 6.45) is 1.46. The molecule has 3 amide bonds. The maximum absolute atomic E-state index is 11.8. The zero-order chi connectivity index (χ0) is 14.3. The fourth-order valence-electron chi connectivity index (χ4n) is 1.90. The first-order valence-corrected chi connectivity index (χ1v) is 6.12. The number of hydrogen-bond donors (Lipinski definition) is 3. The van der Waals surface area contributed by atoms with Crippen molar-refractivity contribution in [2.75, 3.05) is 32.8 Å². The van der Waals surface area contributed by atoms with E-state index in [0.29, 0.717) is 19.5 Å². The van der Waals surface area contributed by atoms with Gasteiger partial charge in [0, 0.05) is 19.6 Å². The molecule has 0 aliphatic carbocycles. The largest absolute Gasteiger partial charge is 0.480 e. The van der Waals surface area contributed by atoms with Gasteiger partial charge in [-0.15, -0.1) is 0 Å². The van der Waals surface area contributed by atoms with Crippen LogP contribution in [0, 0.1) is 5.92 Å². The number of carboxylic acid groups (broad SMARTS) is 1. The van der Waals surface area contributed by atoms with Gasteiger partial charge < -0.3 is 25.8 Å². The van der Waals surface area contributed by atoms with Crippen molar-refractivity contribution in [1.82, 2.24) is 10.2 Å². The predicted molar refractivity (Wildman–Crippen MR) is 65.3 cm³/mol. The third-order valence-electron chi connectivity index (χ3n) is 2.86. The van der Waals surface area contributed by atoms with Crippen LogP contribution in [-0.2, 0) is 14.3 Å². The molecule has 1 unspecified atom stereocenters. The zero-order valence-electron chi connectivity index (χ0n) is 10.6. The average molecular weight is 273 g/mol. The van der Waals surface area contributed by atoms with Gasteiger partial charge in [0.1, 0.15) is 6.61 Å². The maximum atomic E-state index is 11.8. The summed E-state index contributed by atoms with van der Waals surface area (Å²) in [4.78, 5) is 34.5. The number of likely N-dealkylation sites (tertiary alicyclic amines) is 1. The van der Waals surface area contributed by atoms with Crippen LogP contribution in [0.3, 0.4) is 0 Å². The lowest BCUT2D eigenvalue weighted by Gasteiger charge is -2.31. The van der Waals surface area contributed by atoms with E-state index in [2.05, 4.69) is 5.32 Å². The Morgan fingerprint density at radius 2 is 2.16 bits per heavy atom. The quantitative estimate of drug-likeness (QED) is 0.535. The molecule has 0 radical (unpaired) electrons. The van der Waals surface area contributed by atoms with Gasteiger partial charge in [0.15, 0.2) is 0 Å². The number of amides is 3. The van der Waals surface area contributed by atoms with Crippen LogP contribution in [0.15, 0.2) is 0 Å². The highest BCUT2D eigenvalue weighted by Gasteiger charge is 2.26. The normalized spacial score (nSPS) is 18.9. The minimum atomic E-state index is -1.05. The van der Waals surface area contributed by atoms with Gasteiger partial charge in [-0.1, -0.05) is 0 Å². The van der Waals surface area contributed by atoms with Crippen LogP contribution in [0.25, 0.3) is 0 Å². The van der Waals surface area contributed by atoms with E-state index in [0.717, 1.165) is 6.42 Å². The molecule has 1 saturated heterocycles. The van der Waals surface area contributed by atoms with E-state index in [1.807, 2.05) is 0 Å². The molecule has 0 aromatic heterocycles. The maximum Gasteiger partial charge on any atom is 0.329 e. The van der Waals surface area contributed by atoms with Crippen molar-refractivity contribution < 1.29 is 24.2 Å². The van der Waals surface area contributed by atoms with Crippen molar-refractivity contribution in [3.63, 3.8) is 0 Å². The summed E-state index contributed by atoms with van der Waals surface area (Å²) in [5.41, 5.74) is 5.22. The van der Waals surface area contributed by atoms with Crippen molar-refractivity contribution in [1.29, 1.82) is 0 Å². The van der Waals surface area contributed by atoms with E-state index in [9.17, 15) is 14.4 Å². The number of carbonyl (C=O) groups excluding carboxylic acids is 2. The van der Waals surface area contributed by atoms with Gasteiger partial charge in [-0.2, -0.15) is 0 Å². The van der Waals surface area contributed by atoms with Crippen molar-refractivity contribution in [3.8, 4) is 0 Å². The summed E-state index contributed by atoms with van der Waals surface area (Å²) in [6.45, 7) is 0.890. The van der Waals surface area contributed by atoms with Gasteiger partial charge in [-0.25, -0.2) is 9.59 Å². The number of ether oxygens (including phenoxy) is 1. The summed E-state index contributed by atoms with van der Waals surface area (Å²) < 4.78 is 4.79. The highest BCUT2D eigenvalue weighted by molar-refractivity contribution is 5.79. The molecule has 8 nitrogen and oxygen atoms in total. The number of rotatable bonds is 6. The Morgan fingerprint density at radius 1 is 1.42 bits per heavy atom. The number of carboxylic acids is 1. The summed E-state index contributed by atoms with van der Waals surface area (Å²) in [7, 11) is 0. The van der Waals surface area contributed by atoms with E-state index in [4.69, 9.17) is 15.6 Å².